The van der Waals surface area contributed by atoms with E-state index < -0.39 is 0 Å². The zero-order valence-electron chi connectivity index (χ0n) is 10.4. The number of thiazole rings is 1. The number of methoxy groups -OCH3 is 1. The summed E-state index contributed by atoms with van der Waals surface area (Å²) in [5, 5.41) is 5.27. The molecule has 2 heterocycles. The maximum absolute atomic E-state index is 11.4. The van der Waals surface area contributed by atoms with Crippen LogP contribution in [0.25, 0.3) is 11.3 Å². The molecular formula is C12H14N2O2S2. The molecule has 2 aromatic rings. The minimum Gasteiger partial charge on any atom is -0.375 e. The van der Waals surface area contributed by atoms with E-state index >= 15 is 0 Å². The molecule has 1 amide bonds. The number of nitrogens with one attached hydrogen (secondary N) is 1. The fraction of sp³-hybridized carbons (Fsp3) is 0.333. The average Bonchev–Trinajstić information content (AvgIpc) is 2.85. The van der Waals surface area contributed by atoms with E-state index in [-0.39, 0.29) is 12.5 Å². The summed E-state index contributed by atoms with van der Waals surface area (Å²) < 4.78 is 4.76. The number of carbonyl (C=O) groups is 1. The Morgan fingerprint density at radius 3 is 2.89 bits per heavy atom. The van der Waals surface area contributed by atoms with Crippen molar-refractivity contribution < 1.29 is 9.53 Å². The molecule has 0 aliphatic carbocycles. The van der Waals surface area contributed by atoms with Gasteiger partial charge in [0.05, 0.1) is 5.69 Å². The standard InChI is InChI=1S/C12H14N2O2S2/c1-7-4-9(8(2)18-7)10-6-17-12(13-10)14-11(15)5-16-3/h4,6H,5H2,1-3H3,(H,13,14,15). The minimum absolute atomic E-state index is 0.0471. The predicted octanol–water partition coefficient (Wildman–Crippen LogP) is 3.07. The van der Waals surface area contributed by atoms with Gasteiger partial charge in [-0.2, -0.15) is 0 Å². The topological polar surface area (TPSA) is 51.2 Å². The van der Waals surface area contributed by atoms with Gasteiger partial charge in [0.1, 0.15) is 6.61 Å². The Hall–Kier alpha value is -1.24. The van der Waals surface area contributed by atoms with Crippen LogP contribution in [0.5, 0.6) is 0 Å². The molecule has 0 aliphatic rings. The zero-order valence-corrected chi connectivity index (χ0v) is 12.1. The molecular weight excluding hydrogens is 268 g/mol. The number of anilines is 1. The summed E-state index contributed by atoms with van der Waals surface area (Å²) in [7, 11) is 1.49. The lowest BCUT2D eigenvalue weighted by atomic mass is 10.2. The predicted molar refractivity (Wildman–Crippen MR) is 75.4 cm³/mol. The van der Waals surface area contributed by atoms with E-state index in [0.29, 0.717) is 5.13 Å². The van der Waals surface area contributed by atoms with Crippen molar-refractivity contribution in [3.8, 4) is 11.3 Å². The van der Waals surface area contributed by atoms with Crippen molar-refractivity contribution >= 4 is 33.7 Å². The van der Waals surface area contributed by atoms with Crippen molar-refractivity contribution in [1.29, 1.82) is 0 Å². The molecule has 4 nitrogen and oxygen atoms in total. The highest BCUT2D eigenvalue weighted by Gasteiger charge is 2.11. The molecule has 2 aromatic heterocycles. The second kappa shape index (κ2) is 5.60. The summed E-state index contributed by atoms with van der Waals surface area (Å²) in [5.41, 5.74) is 2.05. The number of ether oxygens (including phenoxy) is 1. The van der Waals surface area contributed by atoms with Crippen molar-refractivity contribution in [1.82, 2.24) is 4.98 Å². The lowest BCUT2D eigenvalue weighted by Gasteiger charge is -1.99. The Labute approximate surface area is 114 Å². The highest BCUT2D eigenvalue weighted by molar-refractivity contribution is 7.14. The first-order chi connectivity index (χ1) is 8.60. The largest absolute Gasteiger partial charge is 0.375 e. The number of aryl methyl sites for hydroxylation is 2. The first-order valence-electron chi connectivity index (χ1n) is 5.42. The van der Waals surface area contributed by atoms with Gasteiger partial charge in [-0.25, -0.2) is 4.98 Å². The molecule has 0 radical (unpaired) electrons. The molecule has 0 atom stereocenters. The van der Waals surface area contributed by atoms with E-state index in [0.717, 1.165) is 11.3 Å². The molecule has 96 valence electrons. The molecule has 0 saturated carbocycles. The monoisotopic (exact) mass is 282 g/mol. The van der Waals surface area contributed by atoms with Crippen LogP contribution in [0, 0.1) is 13.8 Å². The van der Waals surface area contributed by atoms with Crippen molar-refractivity contribution in [2.45, 2.75) is 13.8 Å². The van der Waals surface area contributed by atoms with E-state index in [2.05, 4.69) is 30.2 Å². The van der Waals surface area contributed by atoms with Gasteiger partial charge in [0.25, 0.3) is 5.91 Å². The van der Waals surface area contributed by atoms with Gasteiger partial charge in [-0.1, -0.05) is 0 Å². The van der Waals surface area contributed by atoms with Crippen LogP contribution >= 0.6 is 22.7 Å². The van der Waals surface area contributed by atoms with E-state index in [1.54, 1.807) is 11.3 Å². The molecule has 2 rings (SSSR count). The van der Waals surface area contributed by atoms with Gasteiger partial charge >= 0.3 is 0 Å². The minimum atomic E-state index is -0.184. The fourth-order valence-corrected chi connectivity index (χ4v) is 3.29. The molecule has 0 aliphatic heterocycles. The van der Waals surface area contributed by atoms with Crippen LogP contribution in [0.4, 0.5) is 5.13 Å². The van der Waals surface area contributed by atoms with E-state index in [4.69, 9.17) is 4.74 Å². The highest BCUT2D eigenvalue weighted by atomic mass is 32.1. The van der Waals surface area contributed by atoms with Crippen LogP contribution in [-0.4, -0.2) is 24.6 Å². The third-order valence-electron chi connectivity index (χ3n) is 2.34. The highest BCUT2D eigenvalue weighted by Crippen LogP contribution is 2.32. The summed E-state index contributed by atoms with van der Waals surface area (Å²) in [6.07, 6.45) is 0. The molecule has 0 unspecified atom stereocenters. The van der Waals surface area contributed by atoms with E-state index in [9.17, 15) is 4.79 Å². The third kappa shape index (κ3) is 2.95. The second-order valence-corrected chi connectivity index (χ2v) is 6.16. The zero-order chi connectivity index (χ0) is 13.1. The Kier molecular flexibility index (Phi) is 4.11. The molecule has 0 aromatic carbocycles. The fourth-order valence-electron chi connectivity index (χ4n) is 1.63. The summed E-state index contributed by atoms with van der Waals surface area (Å²) in [5.74, 6) is -0.184. The smallest absolute Gasteiger partial charge is 0.252 e. The van der Waals surface area contributed by atoms with Crippen LogP contribution in [-0.2, 0) is 9.53 Å². The number of rotatable bonds is 4. The Balaban J connectivity index is 2.15. The molecule has 0 fully saturated rings. The van der Waals surface area contributed by atoms with Gasteiger partial charge < -0.3 is 4.74 Å². The summed E-state index contributed by atoms with van der Waals surface area (Å²) >= 11 is 3.18. The Morgan fingerprint density at radius 1 is 1.50 bits per heavy atom. The molecule has 1 N–H and O–H groups in total. The number of amides is 1. The van der Waals surface area contributed by atoms with E-state index in [1.165, 1.54) is 28.2 Å². The van der Waals surface area contributed by atoms with Crippen LogP contribution in [0.2, 0.25) is 0 Å². The summed E-state index contributed by atoms with van der Waals surface area (Å²) in [6.45, 7) is 4.20. The van der Waals surface area contributed by atoms with Gasteiger partial charge in [-0.3, -0.25) is 10.1 Å². The molecule has 0 spiro atoms. The number of hydrogen-bond donors (Lipinski definition) is 1. The van der Waals surface area contributed by atoms with Gasteiger partial charge in [0.15, 0.2) is 5.13 Å². The maximum Gasteiger partial charge on any atom is 0.252 e. The lowest BCUT2D eigenvalue weighted by molar-refractivity contribution is -0.119. The molecule has 0 saturated heterocycles. The Bertz CT molecular complexity index is 560. The lowest BCUT2D eigenvalue weighted by Crippen LogP contribution is -2.16. The normalized spacial score (nSPS) is 10.6. The number of aromatic nitrogens is 1. The number of hydrogen-bond acceptors (Lipinski definition) is 5. The van der Waals surface area contributed by atoms with Crippen molar-refractivity contribution in [2.75, 3.05) is 19.0 Å². The number of carbonyl (C=O) groups excluding carboxylic acids is 1. The quantitative estimate of drug-likeness (QED) is 0.937. The maximum atomic E-state index is 11.4. The van der Waals surface area contributed by atoms with Crippen molar-refractivity contribution in [2.24, 2.45) is 0 Å². The third-order valence-corrected chi connectivity index (χ3v) is 4.07. The summed E-state index contributed by atoms with van der Waals surface area (Å²) in [6, 6.07) is 2.12. The van der Waals surface area contributed by atoms with E-state index in [1.807, 2.05) is 5.38 Å². The number of nitrogens with zero attached hydrogens (tertiary/aromatic N) is 1. The molecule has 6 heteroatoms. The van der Waals surface area contributed by atoms with Crippen molar-refractivity contribution in [3.63, 3.8) is 0 Å². The van der Waals surface area contributed by atoms with Crippen LogP contribution in [0.1, 0.15) is 9.75 Å². The van der Waals surface area contributed by atoms with Gasteiger partial charge in [0, 0.05) is 27.8 Å². The average molecular weight is 282 g/mol. The molecule has 0 bridgehead atoms. The first kappa shape index (κ1) is 13.2. The van der Waals surface area contributed by atoms with Crippen LogP contribution in [0.15, 0.2) is 11.4 Å². The van der Waals surface area contributed by atoms with Gasteiger partial charge in [-0.15, -0.1) is 22.7 Å². The second-order valence-electron chi connectivity index (χ2n) is 3.85. The number of thiophene rings is 1. The van der Waals surface area contributed by atoms with Gasteiger partial charge in [-0.05, 0) is 19.9 Å². The molecule has 18 heavy (non-hydrogen) atoms. The Morgan fingerprint density at radius 2 is 2.28 bits per heavy atom. The van der Waals surface area contributed by atoms with Crippen LogP contribution in [0.3, 0.4) is 0 Å². The first-order valence-corrected chi connectivity index (χ1v) is 7.11. The SMILES string of the molecule is COCC(=O)Nc1nc(-c2cc(C)sc2C)cs1. The van der Waals surface area contributed by atoms with Crippen molar-refractivity contribution in [3.05, 3.63) is 21.2 Å². The summed E-state index contributed by atoms with van der Waals surface area (Å²) in [4.78, 5) is 18.3. The van der Waals surface area contributed by atoms with Gasteiger partial charge in [0.2, 0.25) is 0 Å². The van der Waals surface area contributed by atoms with Crippen LogP contribution < -0.4 is 5.32 Å².